The molecular weight excluding hydrogens is 256 g/mol. The van der Waals surface area contributed by atoms with Gasteiger partial charge in [-0.15, -0.1) is 0 Å². The van der Waals surface area contributed by atoms with Crippen molar-refractivity contribution in [2.24, 2.45) is 0 Å². The van der Waals surface area contributed by atoms with Gasteiger partial charge in [-0.25, -0.2) is 0 Å². The molecule has 0 aromatic heterocycles. The summed E-state index contributed by atoms with van der Waals surface area (Å²) in [5, 5.41) is 8.45. The molecule has 0 radical (unpaired) electrons. The van der Waals surface area contributed by atoms with Crippen LogP contribution in [-0.2, 0) is 13.0 Å². The highest BCUT2D eigenvalue weighted by Crippen LogP contribution is 2.31. The highest BCUT2D eigenvalue weighted by molar-refractivity contribution is 6.00. The van der Waals surface area contributed by atoms with Crippen molar-refractivity contribution in [3.63, 3.8) is 0 Å². The second-order valence-corrected chi connectivity index (χ2v) is 6.39. The summed E-state index contributed by atoms with van der Waals surface area (Å²) in [6, 6.07) is 18.9. The first-order valence-electron chi connectivity index (χ1n) is 7.56. The minimum absolute atomic E-state index is 0.00799. The molecule has 0 spiro atoms. The van der Waals surface area contributed by atoms with Gasteiger partial charge in [0.05, 0.1) is 0 Å². The van der Waals surface area contributed by atoms with Gasteiger partial charge in [0, 0.05) is 17.6 Å². The van der Waals surface area contributed by atoms with Gasteiger partial charge in [0.1, 0.15) is 5.84 Å². The maximum Gasteiger partial charge on any atom is 0.129 e. The molecule has 1 heterocycles. The topological polar surface area (TPSA) is 27.1 Å². The molecule has 2 aromatic carbocycles. The first kappa shape index (κ1) is 13.9. The summed E-state index contributed by atoms with van der Waals surface area (Å²) in [5.74, 6) is 0.670. The van der Waals surface area contributed by atoms with Gasteiger partial charge in [0.2, 0.25) is 0 Å². The van der Waals surface area contributed by atoms with Crippen LogP contribution in [0.4, 0.5) is 0 Å². The van der Waals surface area contributed by atoms with Gasteiger partial charge in [-0.05, 0) is 37.8 Å². The Hall–Kier alpha value is -2.09. The average Bonchev–Trinajstić information content (AvgIpc) is 2.85. The Morgan fingerprint density at radius 3 is 2.38 bits per heavy atom. The third kappa shape index (κ3) is 2.71. The third-order valence-electron chi connectivity index (χ3n) is 4.47. The number of amidine groups is 1. The molecule has 0 atom stereocenters. The quantitative estimate of drug-likeness (QED) is 0.890. The van der Waals surface area contributed by atoms with Crippen molar-refractivity contribution < 1.29 is 0 Å². The summed E-state index contributed by atoms with van der Waals surface area (Å²) >= 11 is 0. The molecule has 108 valence electrons. The Bertz CT molecular complexity index is 644. The molecule has 21 heavy (non-hydrogen) atoms. The van der Waals surface area contributed by atoms with Gasteiger partial charge in [-0.2, -0.15) is 0 Å². The molecule has 0 amide bonds. The van der Waals surface area contributed by atoms with E-state index in [2.05, 4.69) is 67.3 Å². The van der Waals surface area contributed by atoms with Gasteiger partial charge in [-0.1, -0.05) is 54.6 Å². The standard InChI is InChI=1S/C19H22N2/c1-19(2,13-12-15-8-4-3-5-9-15)21-14-16-10-6-7-11-17(16)18(21)20/h3-11,20H,12-14H2,1-2H3. The summed E-state index contributed by atoms with van der Waals surface area (Å²) < 4.78 is 0. The lowest BCUT2D eigenvalue weighted by Crippen LogP contribution is -2.44. The van der Waals surface area contributed by atoms with E-state index in [1.165, 1.54) is 11.1 Å². The molecule has 1 aliphatic heterocycles. The van der Waals surface area contributed by atoms with E-state index in [4.69, 9.17) is 5.41 Å². The Kier molecular flexibility index (Phi) is 3.54. The smallest absolute Gasteiger partial charge is 0.129 e. The Morgan fingerprint density at radius 1 is 1.00 bits per heavy atom. The monoisotopic (exact) mass is 278 g/mol. The maximum atomic E-state index is 8.45. The first-order valence-corrected chi connectivity index (χ1v) is 7.56. The molecule has 0 fully saturated rings. The summed E-state index contributed by atoms with van der Waals surface area (Å²) in [7, 11) is 0. The zero-order valence-corrected chi connectivity index (χ0v) is 12.8. The van der Waals surface area contributed by atoms with E-state index in [0.29, 0.717) is 5.84 Å². The second kappa shape index (κ2) is 5.36. The lowest BCUT2D eigenvalue weighted by Gasteiger charge is -2.37. The van der Waals surface area contributed by atoms with Crippen LogP contribution in [0.1, 0.15) is 37.0 Å². The maximum absolute atomic E-state index is 8.45. The van der Waals surface area contributed by atoms with E-state index in [0.717, 1.165) is 24.9 Å². The van der Waals surface area contributed by atoms with Gasteiger partial charge in [0.15, 0.2) is 0 Å². The van der Waals surface area contributed by atoms with Crippen molar-refractivity contribution in [2.45, 2.75) is 38.8 Å². The number of nitrogens with zero attached hydrogens (tertiary/aromatic N) is 1. The number of benzene rings is 2. The predicted molar refractivity (Wildman–Crippen MR) is 87.7 cm³/mol. The highest BCUT2D eigenvalue weighted by atomic mass is 15.2. The largest absolute Gasteiger partial charge is 0.347 e. The van der Waals surface area contributed by atoms with E-state index in [1.54, 1.807) is 0 Å². The zero-order valence-electron chi connectivity index (χ0n) is 12.8. The Morgan fingerprint density at radius 2 is 1.67 bits per heavy atom. The molecule has 3 rings (SSSR count). The van der Waals surface area contributed by atoms with Gasteiger partial charge < -0.3 is 4.90 Å². The lowest BCUT2D eigenvalue weighted by molar-refractivity contribution is 0.200. The number of aryl methyl sites for hydroxylation is 1. The van der Waals surface area contributed by atoms with Crippen molar-refractivity contribution in [1.82, 2.24) is 4.90 Å². The second-order valence-electron chi connectivity index (χ2n) is 6.39. The molecule has 0 aliphatic carbocycles. The van der Waals surface area contributed by atoms with Crippen LogP contribution in [0, 0.1) is 5.41 Å². The molecule has 0 unspecified atom stereocenters. The molecule has 0 saturated carbocycles. The number of hydrogen-bond donors (Lipinski definition) is 1. The Labute approximate surface area is 126 Å². The molecule has 1 N–H and O–H groups in total. The van der Waals surface area contributed by atoms with Crippen LogP contribution in [0.3, 0.4) is 0 Å². The molecular formula is C19H22N2. The Balaban J connectivity index is 1.73. The van der Waals surface area contributed by atoms with Crippen LogP contribution in [0.2, 0.25) is 0 Å². The summed E-state index contributed by atoms with van der Waals surface area (Å²) in [5.41, 5.74) is 3.72. The zero-order chi connectivity index (χ0) is 14.9. The van der Waals surface area contributed by atoms with Crippen LogP contribution in [-0.4, -0.2) is 16.3 Å². The third-order valence-corrected chi connectivity index (χ3v) is 4.47. The summed E-state index contributed by atoms with van der Waals surface area (Å²) in [4.78, 5) is 2.24. The predicted octanol–water partition coefficient (Wildman–Crippen LogP) is 4.24. The normalized spacial score (nSPS) is 14.4. The van der Waals surface area contributed by atoms with E-state index < -0.39 is 0 Å². The van der Waals surface area contributed by atoms with Crippen molar-refractivity contribution in [3.8, 4) is 0 Å². The molecule has 2 heteroatoms. The SMILES string of the molecule is CC(C)(CCc1ccccc1)N1Cc2ccccc2C1=N. The summed E-state index contributed by atoms with van der Waals surface area (Å²) in [6.45, 7) is 5.35. The molecule has 0 bridgehead atoms. The fourth-order valence-corrected chi connectivity index (χ4v) is 3.03. The van der Waals surface area contributed by atoms with Crippen LogP contribution >= 0.6 is 0 Å². The molecule has 2 aromatic rings. The van der Waals surface area contributed by atoms with Crippen molar-refractivity contribution in [1.29, 1.82) is 5.41 Å². The molecule has 0 saturated heterocycles. The van der Waals surface area contributed by atoms with E-state index >= 15 is 0 Å². The van der Waals surface area contributed by atoms with Crippen LogP contribution in [0.5, 0.6) is 0 Å². The highest BCUT2D eigenvalue weighted by Gasteiger charge is 2.34. The van der Waals surface area contributed by atoms with Crippen LogP contribution in [0.25, 0.3) is 0 Å². The summed E-state index contributed by atoms with van der Waals surface area (Å²) in [6.07, 6.45) is 2.10. The minimum Gasteiger partial charge on any atom is -0.347 e. The number of nitrogens with one attached hydrogen (secondary N) is 1. The molecule has 1 aliphatic rings. The van der Waals surface area contributed by atoms with Crippen LogP contribution < -0.4 is 0 Å². The molecule has 2 nitrogen and oxygen atoms in total. The van der Waals surface area contributed by atoms with Gasteiger partial charge in [0.25, 0.3) is 0 Å². The van der Waals surface area contributed by atoms with Crippen LogP contribution in [0.15, 0.2) is 54.6 Å². The van der Waals surface area contributed by atoms with Gasteiger partial charge >= 0.3 is 0 Å². The fourth-order valence-electron chi connectivity index (χ4n) is 3.03. The van der Waals surface area contributed by atoms with E-state index in [1.807, 2.05) is 6.07 Å². The van der Waals surface area contributed by atoms with Gasteiger partial charge in [-0.3, -0.25) is 5.41 Å². The fraction of sp³-hybridized carbons (Fsp3) is 0.316. The minimum atomic E-state index is -0.00799. The number of rotatable bonds is 4. The van der Waals surface area contributed by atoms with Crippen molar-refractivity contribution in [3.05, 3.63) is 71.3 Å². The number of hydrogen-bond acceptors (Lipinski definition) is 1. The van der Waals surface area contributed by atoms with E-state index in [9.17, 15) is 0 Å². The van der Waals surface area contributed by atoms with E-state index in [-0.39, 0.29) is 5.54 Å². The lowest BCUT2D eigenvalue weighted by atomic mass is 9.93. The van der Waals surface area contributed by atoms with Crippen molar-refractivity contribution in [2.75, 3.05) is 0 Å². The number of fused-ring (bicyclic) bond motifs is 1. The van der Waals surface area contributed by atoms with Crippen molar-refractivity contribution >= 4 is 5.84 Å². The average molecular weight is 278 g/mol. The first-order chi connectivity index (χ1) is 10.1.